The van der Waals surface area contributed by atoms with E-state index >= 15 is 0 Å². The molecule has 2 aromatic heterocycles. The minimum Gasteiger partial charge on any atom is -0.467 e. The van der Waals surface area contributed by atoms with Gasteiger partial charge in [0.25, 0.3) is 0 Å². The van der Waals surface area contributed by atoms with Crippen LogP contribution in [0, 0.1) is 11.3 Å². The molecule has 0 radical (unpaired) electrons. The van der Waals surface area contributed by atoms with Crippen LogP contribution < -0.4 is 5.32 Å². The summed E-state index contributed by atoms with van der Waals surface area (Å²) < 4.78 is 7.38. The van der Waals surface area contributed by atoms with Crippen LogP contribution in [0.2, 0.25) is 0 Å². The van der Waals surface area contributed by atoms with Crippen LogP contribution in [0.25, 0.3) is 11.4 Å². The maximum atomic E-state index is 11.9. The molecule has 0 saturated carbocycles. The number of hydrogen-bond donors (Lipinski definition) is 1. The van der Waals surface area contributed by atoms with Crippen LogP contribution in [-0.4, -0.2) is 33.0 Å². The van der Waals surface area contributed by atoms with Crippen molar-refractivity contribution < 1.29 is 9.21 Å². The van der Waals surface area contributed by atoms with E-state index in [4.69, 9.17) is 9.68 Å². The van der Waals surface area contributed by atoms with Gasteiger partial charge in [0.05, 0.1) is 31.1 Å². The van der Waals surface area contributed by atoms with Crippen molar-refractivity contribution in [1.82, 2.24) is 20.1 Å². The van der Waals surface area contributed by atoms with Crippen molar-refractivity contribution in [2.45, 2.75) is 18.1 Å². The van der Waals surface area contributed by atoms with E-state index in [2.05, 4.69) is 15.5 Å². The van der Waals surface area contributed by atoms with Crippen molar-refractivity contribution >= 4 is 17.7 Å². The predicted octanol–water partition coefficient (Wildman–Crippen LogP) is 2.71. The molecule has 0 fully saturated rings. The van der Waals surface area contributed by atoms with Crippen LogP contribution in [-0.2, 0) is 11.3 Å². The summed E-state index contributed by atoms with van der Waals surface area (Å²) in [5, 5.41) is 20.4. The SMILES string of the molecule is N#CCCNC(=O)CSc1nnc(-c2ccccc2)n1Cc1ccco1. The van der Waals surface area contributed by atoms with Crippen LogP contribution in [0.15, 0.2) is 58.3 Å². The van der Waals surface area contributed by atoms with Crippen molar-refractivity contribution in [3.05, 3.63) is 54.5 Å². The summed E-state index contributed by atoms with van der Waals surface area (Å²) in [5.41, 5.74) is 0.942. The highest BCUT2D eigenvalue weighted by Crippen LogP contribution is 2.25. The first kappa shape index (κ1) is 17.8. The summed E-state index contributed by atoms with van der Waals surface area (Å²) >= 11 is 1.30. The third kappa shape index (κ3) is 4.52. The zero-order chi connectivity index (χ0) is 18.2. The van der Waals surface area contributed by atoms with Crippen molar-refractivity contribution in [3.63, 3.8) is 0 Å². The second-order valence-corrected chi connectivity index (χ2v) is 6.33. The van der Waals surface area contributed by atoms with E-state index < -0.39 is 0 Å². The van der Waals surface area contributed by atoms with Crippen molar-refractivity contribution in [2.24, 2.45) is 0 Å². The Bertz CT molecular complexity index is 884. The molecule has 7 nitrogen and oxygen atoms in total. The minimum atomic E-state index is -0.140. The van der Waals surface area contributed by atoms with E-state index in [0.717, 1.165) is 17.1 Å². The number of hydrogen-bond acceptors (Lipinski definition) is 6. The molecule has 0 unspecified atom stereocenters. The van der Waals surface area contributed by atoms with Gasteiger partial charge in [-0.2, -0.15) is 5.26 Å². The lowest BCUT2D eigenvalue weighted by atomic mass is 10.2. The smallest absolute Gasteiger partial charge is 0.230 e. The van der Waals surface area contributed by atoms with E-state index in [-0.39, 0.29) is 11.7 Å². The van der Waals surface area contributed by atoms with Gasteiger partial charge in [-0.05, 0) is 12.1 Å². The van der Waals surface area contributed by atoms with Gasteiger partial charge in [0.15, 0.2) is 11.0 Å². The van der Waals surface area contributed by atoms with Crippen molar-refractivity contribution in [2.75, 3.05) is 12.3 Å². The number of amides is 1. The largest absolute Gasteiger partial charge is 0.467 e. The first-order valence-electron chi connectivity index (χ1n) is 8.05. The molecular formula is C18H17N5O2S. The van der Waals surface area contributed by atoms with Gasteiger partial charge in [0.1, 0.15) is 5.76 Å². The fourth-order valence-corrected chi connectivity index (χ4v) is 3.10. The van der Waals surface area contributed by atoms with Crippen molar-refractivity contribution in [3.8, 4) is 17.5 Å². The van der Waals surface area contributed by atoms with Crippen molar-refractivity contribution in [1.29, 1.82) is 5.26 Å². The third-order valence-corrected chi connectivity index (χ3v) is 4.50. The summed E-state index contributed by atoms with van der Waals surface area (Å²) in [6, 6.07) is 15.5. The molecule has 8 heteroatoms. The van der Waals surface area contributed by atoms with Gasteiger partial charge < -0.3 is 9.73 Å². The van der Waals surface area contributed by atoms with Crippen LogP contribution in [0.5, 0.6) is 0 Å². The highest BCUT2D eigenvalue weighted by molar-refractivity contribution is 7.99. The Hall–Kier alpha value is -3.05. The summed E-state index contributed by atoms with van der Waals surface area (Å²) in [5.74, 6) is 1.56. The maximum Gasteiger partial charge on any atom is 0.230 e. The maximum absolute atomic E-state index is 11.9. The molecule has 0 saturated heterocycles. The highest BCUT2D eigenvalue weighted by atomic mass is 32.2. The highest BCUT2D eigenvalue weighted by Gasteiger charge is 2.16. The molecule has 0 spiro atoms. The zero-order valence-electron chi connectivity index (χ0n) is 14.0. The molecule has 0 bridgehead atoms. The molecule has 26 heavy (non-hydrogen) atoms. The Balaban J connectivity index is 1.78. The van der Waals surface area contributed by atoms with E-state index in [1.54, 1.807) is 6.26 Å². The number of thioether (sulfide) groups is 1. The lowest BCUT2D eigenvalue weighted by Gasteiger charge is -2.09. The Morgan fingerprint density at radius 1 is 1.23 bits per heavy atom. The molecule has 3 rings (SSSR count). The Morgan fingerprint density at radius 2 is 2.08 bits per heavy atom. The number of aromatic nitrogens is 3. The second kappa shape index (κ2) is 8.87. The fraction of sp³-hybridized carbons (Fsp3) is 0.222. The van der Waals surface area contributed by atoms with Crippen LogP contribution in [0.1, 0.15) is 12.2 Å². The number of nitrogens with one attached hydrogen (secondary N) is 1. The molecule has 0 aliphatic heterocycles. The Morgan fingerprint density at radius 3 is 2.81 bits per heavy atom. The van der Waals surface area contributed by atoms with E-state index in [0.29, 0.717) is 24.7 Å². The van der Waals surface area contributed by atoms with Gasteiger partial charge in [-0.3, -0.25) is 9.36 Å². The number of furan rings is 1. The lowest BCUT2D eigenvalue weighted by Crippen LogP contribution is -2.26. The fourth-order valence-electron chi connectivity index (χ4n) is 2.34. The Labute approximate surface area is 155 Å². The number of rotatable bonds is 8. The number of benzene rings is 1. The first-order chi connectivity index (χ1) is 12.8. The summed E-state index contributed by atoms with van der Waals surface area (Å²) in [7, 11) is 0. The quantitative estimate of drug-likeness (QED) is 0.486. The van der Waals surface area contributed by atoms with Gasteiger partial charge >= 0.3 is 0 Å². The van der Waals surface area contributed by atoms with Gasteiger partial charge in [-0.15, -0.1) is 10.2 Å². The van der Waals surface area contributed by atoms with Gasteiger partial charge in [0, 0.05) is 12.1 Å². The van der Waals surface area contributed by atoms with Crippen LogP contribution in [0.3, 0.4) is 0 Å². The zero-order valence-corrected chi connectivity index (χ0v) is 14.8. The molecular weight excluding hydrogens is 350 g/mol. The van der Waals surface area contributed by atoms with E-state index in [1.165, 1.54) is 11.8 Å². The Kier molecular flexibility index (Phi) is 6.06. The molecule has 2 heterocycles. The number of carbonyl (C=O) groups is 1. The summed E-state index contributed by atoms with van der Waals surface area (Å²) in [6.45, 7) is 0.826. The molecule has 0 aliphatic rings. The predicted molar refractivity (Wildman–Crippen MR) is 97.2 cm³/mol. The number of nitriles is 1. The molecule has 3 aromatic rings. The lowest BCUT2D eigenvalue weighted by molar-refractivity contribution is -0.118. The minimum absolute atomic E-state index is 0.140. The number of nitrogens with zero attached hydrogens (tertiary/aromatic N) is 4. The van der Waals surface area contributed by atoms with E-state index in [9.17, 15) is 4.79 Å². The monoisotopic (exact) mass is 367 g/mol. The topological polar surface area (TPSA) is 96.7 Å². The molecule has 1 N–H and O–H groups in total. The van der Waals surface area contributed by atoms with Gasteiger partial charge in [-0.1, -0.05) is 42.1 Å². The van der Waals surface area contributed by atoms with Crippen LogP contribution in [0.4, 0.5) is 0 Å². The molecule has 1 aromatic carbocycles. The second-order valence-electron chi connectivity index (χ2n) is 5.38. The van der Waals surface area contributed by atoms with Gasteiger partial charge in [-0.25, -0.2) is 0 Å². The molecule has 1 amide bonds. The molecule has 0 atom stereocenters. The summed E-state index contributed by atoms with van der Waals surface area (Å²) in [6.07, 6.45) is 1.92. The first-order valence-corrected chi connectivity index (χ1v) is 9.04. The average Bonchev–Trinajstić information content (AvgIpc) is 3.31. The molecule has 0 aliphatic carbocycles. The van der Waals surface area contributed by atoms with Crippen LogP contribution >= 0.6 is 11.8 Å². The van der Waals surface area contributed by atoms with E-state index in [1.807, 2.05) is 53.1 Å². The normalized spacial score (nSPS) is 10.4. The number of carbonyl (C=O) groups excluding carboxylic acids is 1. The summed E-state index contributed by atoms with van der Waals surface area (Å²) in [4.78, 5) is 11.9. The molecule has 132 valence electrons. The standard InChI is InChI=1S/C18H17N5O2S/c19-9-5-10-20-16(24)13-26-18-22-21-17(14-6-2-1-3-7-14)23(18)12-15-8-4-11-25-15/h1-4,6-8,11H,5,10,12-13H2,(H,20,24). The average molecular weight is 367 g/mol. The third-order valence-electron chi connectivity index (χ3n) is 3.53. The van der Waals surface area contributed by atoms with Gasteiger partial charge in [0.2, 0.25) is 5.91 Å².